The summed E-state index contributed by atoms with van der Waals surface area (Å²) in [5, 5.41) is 8.78. The Balaban J connectivity index is 2.41. The number of benzene rings is 1. The zero-order valence-electron chi connectivity index (χ0n) is 15.4. The number of nitrogens with one attached hydrogen (secondary N) is 2. The predicted molar refractivity (Wildman–Crippen MR) is 95.2 cm³/mol. The van der Waals surface area contributed by atoms with Crippen LogP contribution in [0.2, 0.25) is 0 Å². The molecule has 1 atom stereocenters. The van der Waals surface area contributed by atoms with Gasteiger partial charge in [-0.2, -0.15) is 18.3 Å². The topological polar surface area (TPSA) is 93.1 Å². The average Bonchev–Trinajstić information content (AvgIpc) is 2.61. The largest absolute Gasteiger partial charge is 0.416 e. The first-order valence-corrected chi connectivity index (χ1v) is 8.41. The number of likely N-dealkylation sites (N-methyl/N-ethyl adjacent to an activating group) is 1. The van der Waals surface area contributed by atoms with E-state index in [-0.39, 0.29) is 11.4 Å². The minimum atomic E-state index is -4.55. The van der Waals surface area contributed by atoms with E-state index >= 15 is 0 Å². The van der Waals surface area contributed by atoms with Gasteiger partial charge in [0.2, 0.25) is 11.3 Å². The molecule has 0 aliphatic heterocycles. The van der Waals surface area contributed by atoms with Crippen molar-refractivity contribution in [1.29, 1.82) is 0 Å². The van der Waals surface area contributed by atoms with Crippen LogP contribution in [0.15, 0.2) is 35.1 Å². The Bertz CT molecular complexity index is 954. The predicted octanol–water partition coefficient (Wildman–Crippen LogP) is 1.81. The SMILES string of the molecule is CCNC(=O)[C@H](C)NC(=O)c1nn(-c2cccc(C(F)(F)F)c2)c(C)cc1=O. The first kappa shape index (κ1) is 21.1. The van der Waals surface area contributed by atoms with Crippen LogP contribution < -0.4 is 16.1 Å². The Morgan fingerprint density at radius 2 is 1.93 bits per heavy atom. The normalized spacial score (nSPS) is 12.4. The number of alkyl halides is 3. The fourth-order valence-corrected chi connectivity index (χ4v) is 2.44. The third-order valence-electron chi connectivity index (χ3n) is 3.83. The van der Waals surface area contributed by atoms with Crippen LogP contribution in [0, 0.1) is 6.92 Å². The lowest BCUT2D eigenvalue weighted by molar-refractivity contribution is -0.137. The Hall–Kier alpha value is -3.17. The molecule has 0 bridgehead atoms. The molecule has 150 valence electrons. The van der Waals surface area contributed by atoms with Gasteiger partial charge in [0.1, 0.15) is 6.04 Å². The molecule has 0 radical (unpaired) electrons. The van der Waals surface area contributed by atoms with Crippen LogP contribution in [0.3, 0.4) is 0 Å². The molecule has 10 heteroatoms. The minimum absolute atomic E-state index is 0.0400. The van der Waals surface area contributed by atoms with Gasteiger partial charge in [-0.15, -0.1) is 0 Å². The Morgan fingerprint density at radius 1 is 1.25 bits per heavy atom. The van der Waals surface area contributed by atoms with Crippen molar-refractivity contribution in [3.63, 3.8) is 0 Å². The van der Waals surface area contributed by atoms with Gasteiger partial charge in [0, 0.05) is 18.3 Å². The number of nitrogens with zero attached hydrogens (tertiary/aromatic N) is 2. The fourth-order valence-electron chi connectivity index (χ4n) is 2.44. The number of carbonyl (C=O) groups excluding carboxylic acids is 2. The van der Waals surface area contributed by atoms with Crippen molar-refractivity contribution in [2.24, 2.45) is 0 Å². The van der Waals surface area contributed by atoms with E-state index in [0.717, 1.165) is 22.9 Å². The number of rotatable bonds is 5. The van der Waals surface area contributed by atoms with E-state index in [1.807, 2.05) is 0 Å². The molecule has 2 amide bonds. The highest BCUT2D eigenvalue weighted by Crippen LogP contribution is 2.30. The summed E-state index contributed by atoms with van der Waals surface area (Å²) in [6.07, 6.45) is -4.55. The number of aryl methyl sites for hydroxylation is 1. The molecule has 2 aromatic rings. The van der Waals surface area contributed by atoms with Crippen LogP contribution in [-0.4, -0.2) is 34.2 Å². The monoisotopic (exact) mass is 396 g/mol. The number of hydrogen-bond donors (Lipinski definition) is 2. The summed E-state index contributed by atoms with van der Waals surface area (Å²) < 4.78 is 39.9. The number of amides is 2. The molecule has 2 N–H and O–H groups in total. The summed E-state index contributed by atoms with van der Waals surface area (Å²) in [5.74, 6) is -1.34. The summed E-state index contributed by atoms with van der Waals surface area (Å²) >= 11 is 0. The number of halogens is 3. The molecule has 2 rings (SSSR count). The molecule has 1 heterocycles. The molecule has 28 heavy (non-hydrogen) atoms. The van der Waals surface area contributed by atoms with Crippen molar-refractivity contribution in [3.05, 3.63) is 57.5 Å². The average molecular weight is 396 g/mol. The second-order valence-corrected chi connectivity index (χ2v) is 6.05. The molecule has 0 spiro atoms. The molecule has 0 saturated carbocycles. The molecule has 0 aliphatic rings. The first-order chi connectivity index (χ1) is 13.0. The number of carbonyl (C=O) groups is 2. The Labute approximate surface area is 158 Å². The maximum atomic E-state index is 13.0. The zero-order valence-corrected chi connectivity index (χ0v) is 15.4. The zero-order chi connectivity index (χ0) is 21.1. The summed E-state index contributed by atoms with van der Waals surface area (Å²) in [5.41, 5.74) is -1.84. The van der Waals surface area contributed by atoms with E-state index in [0.29, 0.717) is 6.54 Å². The van der Waals surface area contributed by atoms with Gasteiger partial charge in [0.05, 0.1) is 11.3 Å². The van der Waals surface area contributed by atoms with Crippen LogP contribution in [-0.2, 0) is 11.0 Å². The summed E-state index contributed by atoms with van der Waals surface area (Å²) in [6, 6.07) is 4.52. The summed E-state index contributed by atoms with van der Waals surface area (Å²) in [4.78, 5) is 36.2. The maximum absolute atomic E-state index is 13.0. The van der Waals surface area contributed by atoms with E-state index < -0.39 is 40.7 Å². The first-order valence-electron chi connectivity index (χ1n) is 8.41. The number of hydrogen-bond acceptors (Lipinski definition) is 4. The molecule has 7 nitrogen and oxygen atoms in total. The van der Waals surface area contributed by atoms with E-state index in [1.54, 1.807) is 6.92 Å². The van der Waals surface area contributed by atoms with Gasteiger partial charge in [-0.3, -0.25) is 14.4 Å². The lowest BCUT2D eigenvalue weighted by Crippen LogP contribution is -2.46. The van der Waals surface area contributed by atoms with Crippen molar-refractivity contribution in [2.75, 3.05) is 6.54 Å². The highest BCUT2D eigenvalue weighted by molar-refractivity contribution is 5.95. The second kappa shape index (κ2) is 8.24. The van der Waals surface area contributed by atoms with Gasteiger partial charge < -0.3 is 10.6 Å². The Kier molecular flexibility index (Phi) is 6.22. The van der Waals surface area contributed by atoms with E-state index in [1.165, 1.54) is 26.0 Å². The van der Waals surface area contributed by atoms with E-state index in [4.69, 9.17) is 0 Å². The van der Waals surface area contributed by atoms with Crippen LogP contribution in [0.4, 0.5) is 13.2 Å². The Morgan fingerprint density at radius 3 is 2.54 bits per heavy atom. The van der Waals surface area contributed by atoms with Crippen LogP contribution in [0.5, 0.6) is 0 Å². The maximum Gasteiger partial charge on any atom is 0.416 e. The standard InChI is InChI=1S/C18H19F3N4O3/c1-4-22-16(27)11(3)23-17(28)15-14(26)8-10(2)25(24-15)13-7-5-6-12(9-13)18(19,20)21/h5-9,11H,4H2,1-3H3,(H,22,27)(H,23,28)/t11-/m0/s1. The molecule has 1 aromatic heterocycles. The molecular weight excluding hydrogens is 377 g/mol. The smallest absolute Gasteiger partial charge is 0.355 e. The van der Waals surface area contributed by atoms with Crippen molar-refractivity contribution in [2.45, 2.75) is 33.0 Å². The van der Waals surface area contributed by atoms with Crippen LogP contribution in [0.25, 0.3) is 5.69 Å². The van der Waals surface area contributed by atoms with Gasteiger partial charge in [0.25, 0.3) is 5.91 Å². The van der Waals surface area contributed by atoms with Crippen molar-refractivity contribution >= 4 is 11.8 Å². The summed E-state index contributed by atoms with van der Waals surface area (Å²) in [7, 11) is 0. The fraction of sp³-hybridized carbons (Fsp3) is 0.333. The van der Waals surface area contributed by atoms with Crippen molar-refractivity contribution in [1.82, 2.24) is 20.4 Å². The molecular formula is C18H19F3N4O3. The second-order valence-electron chi connectivity index (χ2n) is 6.05. The van der Waals surface area contributed by atoms with Gasteiger partial charge in [-0.1, -0.05) is 6.07 Å². The van der Waals surface area contributed by atoms with Crippen LogP contribution >= 0.6 is 0 Å². The lowest BCUT2D eigenvalue weighted by atomic mass is 10.2. The van der Waals surface area contributed by atoms with E-state index in [2.05, 4.69) is 15.7 Å². The molecule has 1 aromatic carbocycles. The minimum Gasteiger partial charge on any atom is -0.355 e. The quantitative estimate of drug-likeness (QED) is 0.806. The van der Waals surface area contributed by atoms with E-state index in [9.17, 15) is 27.6 Å². The highest BCUT2D eigenvalue weighted by Gasteiger charge is 2.30. The molecule has 0 unspecified atom stereocenters. The number of aromatic nitrogens is 2. The third kappa shape index (κ3) is 4.76. The van der Waals surface area contributed by atoms with Gasteiger partial charge in [-0.25, -0.2) is 4.68 Å². The van der Waals surface area contributed by atoms with Crippen molar-refractivity contribution < 1.29 is 22.8 Å². The van der Waals surface area contributed by atoms with Gasteiger partial charge >= 0.3 is 6.18 Å². The highest BCUT2D eigenvalue weighted by atomic mass is 19.4. The van der Waals surface area contributed by atoms with Crippen molar-refractivity contribution in [3.8, 4) is 5.69 Å². The molecule has 0 aliphatic carbocycles. The van der Waals surface area contributed by atoms with Gasteiger partial charge in [-0.05, 0) is 39.0 Å². The summed E-state index contributed by atoms with van der Waals surface area (Å²) in [6.45, 7) is 4.99. The lowest BCUT2D eigenvalue weighted by Gasteiger charge is -2.15. The van der Waals surface area contributed by atoms with Gasteiger partial charge in [0.15, 0.2) is 5.69 Å². The van der Waals surface area contributed by atoms with Crippen LogP contribution in [0.1, 0.15) is 35.6 Å². The molecule has 0 fully saturated rings. The third-order valence-corrected chi connectivity index (χ3v) is 3.83. The molecule has 0 saturated heterocycles.